The molecule has 14 heavy (non-hydrogen) atoms. The van der Waals surface area contributed by atoms with E-state index in [-0.39, 0.29) is 0 Å². The SMILES string of the molecule is O=c1c2c([nH]n1CC(F)(F)F)CSC2. The van der Waals surface area contributed by atoms with Crippen LogP contribution in [0, 0.1) is 0 Å². The van der Waals surface area contributed by atoms with Crippen molar-refractivity contribution in [2.24, 2.45) is 0 Å². The van der Waals surface area contributed by atoms with Gasteiger partial charge in [0.15, 0.2) is 0 Å². The average Bonchev–Trinajstić information content (AvgIpc) is 2.55. The zero-order chi connectivity index (χ0) is 10.3. The van der Waals surface area contributed by atoms with Crippen LogP contribution in [0.5, 0.6) is 0 Å². The van der Waals surface area contributed by atoms with Gasteiger partial charge in [0.2, 0.25) is 0 Å². The number of nitrogens with one attached hydrogen (secondary N) is 1. The maximum atomic E-state index is 12.0. The van der Waals surface area contributed by atoms with E-state index in [9.17, 15) is 18.0 Å². The molecule has 7 heteroatoms. The summed E-state index contributed by atoms with van der Waals surface area (Å²) in [5, 5.41) is 2.48. The quantitative estimate of drug-likeness (QED) is 0.784. The Morgan fingerprint density at radius 2 is 2.14 bits per heavy atom. The summed E-state index contributed by atoms with van der Waals surface area (Å²) in [5.74, 6) is 1.10. The maximum Gasteiger partial charge on any atom is 0.408 e. The van der Waals surface area contributed by atoms with E-state index in [4.69, 9.17) is 0 Å². The number of rotatable bonds is 1. The number of hydrogen-bond acceptors (Lipinski definition) is 2. The molecule has 0 aromatic carbocycles. The summed E-state index contributed by atoms with van der Waals surface area (Å²) < 4.78 is 36.6. The molecule has 3 nitrogen and oxygen atoms in total. The van der Waals surface area contributed by atoms with E-state index in [1.165, 1.54) is 11.8 Å². The molecule has 1 aliphatic heterocycles. The summed E-state index contributed by atoms with van der Waals surface area (Å²) in [5.41, 5.74) is 0.575. The van der Waals surface area contributed by atoms with Crippen LogP contribution in [0.4, 0.5) is 13.2 Å². The number of hydrogen-bond donors (Lipinski definition) is 1. The third-order valence-corrected chi connectivity index (χ3v) is 2.95. The molecule has 1 aromatic rings. The molecule has 0 saturated heterocycles. The van der Waals surface area contributed by atoms with Crippen LogP contribution in [-0.2, 0) is 18.1 Å². The summed E-state index contributed by atoms with van der Waals surface area (Å²) in [6.07, 6.45) is -4.35. The van der Waals surface area contributed by atoms with E-state index in [1.807, 2.05) is 0 Å². The first-order valence-electron chi connectivity index (χ1n) is 3.92. The number of thioether (sulfide) groups is 1. The second kappa shape index (κ2) is 3.08. The molecular formula is C7H7F3N2OS. The molecular weight excluding hydrogens is 217 g/mol. The number of fused-ring (bicyclic) bond motifs is 1. The van der Waals surface area contributed by atoms with Gasteiger partial charge in [0.1, 0.15) is 6.54 Å². The van der Waals surface area contributed by atoms with Gasteiger partial charge in [0, 0.05) is 11.5 Å². The highest BCUT2D eigenvalue weighted by molar-refractivity contribution is 7.98. The molecule has 2 rings (SSSR count). The third kappa shape index (κ3) is 1.68. The van der Waals surface area contributed by atoms with Gasteiger partial charge < -0.3 is 0 Å². The lowest BCUT2D eigenvalue weighted by Crippen LogP contribution is -2.27. The van der Waals surface area contributed by atoms with Crippen LogP contribution in [-0.4, -0.2) is 16.0 Å². The number of aromatic amines is 1. The van der Waals surface area contributed by atoms with E-state index < -0.39 is 18.3 Å². The number of halogens is 3. The van der Waals surface area contributed by atoms with Crippen LogP contribution >= 0.6 is 11.8 Å². The first-order chi connectivity index (χ1) is 6.47. The van der Waals surface area contributed by atoms with Gasteiger partial charge in [-0.2, -0.15) is 24.9 Å². The fourth-order valence-electron chi connectivity index (χ4n) is 1.39. The summed E-state index contributed by atoms with van der Waals surface area (Å²) >= 11 is 1.52. The van der Waals surface area contributed by atoms with Gasteiger partial charge in [0.25, 0.3) is 5.56 Å². The van der Waals surface area contributed by atoms with Crippen LogP contribution in [0.2, 0.25) is 0 Å². The molecule has 1 N–H and O–H groups in total. The lowest BCUT2D eigenvalue weighted by molar-refractivity contribution is -0.143. The summed E-state index contributed by atoms with van der Waals surface area (Å²) in [6.45, 7) is -1.23. The van der Waals surface area contributed by atoms with Gasteiger partial charge in [-0.15, -0.1) is 0 Å². The van der Waals surface area contributed by atoms with Crippen LogP contribution in [0.1, 0.15) is 11.3 Å². The highest BCUT2D eigenvalue weighted by Crippen LogP contribution is 2.26. The topological polar surface area (TPSA) is 37.8 Å². The predicted molar refractivity (Wildman–Crippen MR) is 46.1 cm³/mol. The number of alkyl halides is 3. The fourth-order valence-corrected chi connectivity index (χ4v) is 2.43. The monoisotopic (exact) mass is 224 g/mol. The van der Waals surface area contributed by atoms with Crippen molar-refractivity contribution in [1.82, 2.24) is 9.78 Å². The van der Waals surface area contributed by atoms with E-state index >= 15 is 0 Å². The minimum atomic E-state index is -4.35. The van der Waals surface area contributed by atoms with Gasteiger partial charge in [0.05, 0.1) is 11.3 Å². The van der Waals surface area contributed by atoms with E-state index in [1.54, 1.807) is 0 Å². The fraction of sp³-hybridized carbons (Fsp3) is 0.571. The highest BCUT2D eigenvalue weighted by Gasteiger charge is 2.31. The minimum absolute atomic E-state index is 0.485. The summed E-state index contributed by atoms with van der Waals surface area (Å²) in [7, 11) is 0. The molecule has 0 radical (unpaired) electrons. The first kappa shape index (κ1) is 9.70. The predicted octanol–water partition coefficient (Wildman–Crippen LogP) is 1.49. The highest BCUT2D eigenvalue weighted by atomic mass is 32.2. The summed E-state index contributed by atoms with van der Waals surface area (Å²) in [6, 6.07) is 0. The smallest absolute Gasteiger partial charge is 0.298 e. The molecule has 0 unspecified atom stereocenters. The van der Waals surface area contributed by atoms with Crippen LogP contribution in [0.25, 0.3) is 0 Å². The van der Waals surface area contributed by atoms with Gasteiger partial charge in [-0.05, 0) is 0 Å². The van der Waals surface area contributed by atoms with E-state index in [2.05, 4.69) is 5.10 Å². The molecule has 0 aliphatic carbocycles. The normalized spacial score (nSPS) is 15.9. The molecule has 0 amide bonds. The van der Waals surface area contributed by atoms with Crippen molar-refractivity contribution < 1.29 is 13.2 Å². The lowest BCUT2D eigenvalue weighted by atomic mass is 10.3. The van der Waals surface area contributed by atoms with Crippen molar-refractivity contribution >= 4 is 11.8 Å². The Morgan fingerprint density at radius 1 is 1.43 bits per heavy atom. The molecule has 0 saturated carbocycles. The molecule has 1 aromatic heterocycles. The Labute approximate surface area is 81.3 Å². The van der Waals surface area contributed by atoms with Crippen LogP contribution in [0.3, 0.4) is 0 Å². The second-order valence-electron chi connectivity index (χ2n) is 3.07. The maximum absolute atomic E-state index is 12.0. The number of H-pyrrole nitrogens is 1. The van der Waals surface area contributed by atoms with E-state index in [0.29, 0.717) is 27.4 Å². The van der Waals surface area contributed by atoms with Crippen molar-refractivity contribution in [3.05, 3.63) is 21.6 Å². The lowest BCUT2D eigenvalue weighted by Gasteiger charge is -2.06. The van der Waals surface area contributed by atoms with Gasteiger partial charge in [-0.25, -0.2) is 4.68 Å². The minimum Gasteiger partial charge on any atom is -0.298 e. The van der Waals surface area contributed by atoms with Crippen molar-refractivity contribution in [1.29, 1.82) is 0 Å². The Balaban J connectivity index is 2.33. The van der Waals surface area contributed by atoms with Crippen LogP contribution in [0.15, 0.2) is 4.79 Å². The first-order valence-corrected chi connectivity index (χ1v) is 5.08. The van der Waals surface area contributed by atoms with Crippen molar-refractivity contribution in [3.8, 4) is 0 Å². The zero-order valence-corrected chi connectivity index (χ0v) is 7.84. The molecule has 2 heterocycles. The Morgan fingerprint density at radius 3 is 2.71 bits per heavy atom. The largest absolute Gasteiger partial charge is 0.408 e. The zero-order valence-electron chi connectivity index (χ0n) is 7.02. The summed E-state index contributed by atoms with van der Waals surface area (Å²) in [4.78, 5) is 11.4. The second-order valence-corrected chi connectivity index (χ2v) is 4.05. The Bertz CT molecular complexity index is 406. The van der Waals surface area contributed by atoms with Gasteiger partial charge in [-0.1, -0.05) is 0 Å². The van der Waals surface area contributed by atoms with Gasteiger partial charge in [-0.3, -0.25) is 9.89 Å². The average molecular weight is 224 g/mol. The molecule has 78 valence electrons. The van der Waals surface area contributed by atoms with E-state index in [0.717, 1.165) is 0 Å². The molecule has 0 spiro atoms. The van der Waals surface area contributed by atoms with Crippen LogP contribution < -0.4 is 5.56 Å². The molecule has 0 atom stereocenters. The molecule has 1 aliphatic rings. The Hall–Kier alpha value is -0.850. The van der Waals surface area contributed by atoms with Crippen molar-refractivity contribution in [3.63, 3.8) is 0 Å². The molecule has 0 fully saturated rings. The molecule has 0 bridgehead atoms. The van der Waals surface area contributed by atoms with Crippen molar-refractivity contribution in [2.75, 3.05) is 0 Å². The standard InChI is InChI=1S/C7H7F3N2OS/c8-7(9,10)3-12-6(13)4-1-14-2-5(4)11-12/h11H,1-3H2. The van der Waals surface area contributed by atoms with Gasteiger partial charge >= 0.3 is 6.18 Å². The third-order valence-electron chi connectivity index (χ3n) is 1.97. The number of aromatic nitrogens is 2. The van der Waals surface area contributed by atoms with Crippen molar-refractivity contribution in [2.45, 2.75) is 24.2 Å². The Kier molecular flexibility index (Phi) is 2.13. The number of nitrogens with zero attached hydrogens (tertiary/aromatic N) is 1.